The normalized spacial score (nSPS) is 11.7. The second-order valence-electron chi connectivity index (χ2n) is 1.56. The quantitative estimate of drug-likeness (QED) is 0.318. The Balaban J connectivity index is 3.34. The number of hydrogen-bond donors (Lipinski definition) is 0. The van der Waals surface area contributed by atoms with Gasteiger partial charge in [0.25, 0.3) is 0 Å². The summed E-state index contributed by atoms with van der Waals surface area (Å²) in [6.45, 7) is 3.50. The predicted octanol–water partition coefficient (Wildman–Crippen LogP) is 1.06. The van der Waals surface area contributed by atoms with Gasteiger partial charge in [0, 0.05) is 10.2 Å². The molecule has 0 aliphatic rings. The van der Waals surface area contributed by atoms with E-state index in [-0.39, 0.29) is 0 Å². The van der Waals surface area contributed by atoms with Gasteiger partial charge < -0.3 is 0 Å². The van der Waals surface area contributed by atoms with Crippen LogP contribution in [0.5, 0.6) is 0 Å². The summed E-state index contributed by atoms with van der Waals surface area (Å²) >= 11 is 11.2. The van der Waals surface area contributed by atoms with Crippen LogP contribution in [0.25, 0.3) is 0 Å². The maximum Gasteiger partial charge on any atom is 0.101 e. The van der Waals surface area contributed by atoms with Gasteiger partial charge in [0.2, 0.25) is 0 Å². The minimum atomic E-state index is -0.484. The van der Waals surface area contributed by atoms with Crippen molar-refractivity contribution in [1.29, 1.82) is 0 Å². The van der Waals surface area contributed by atoms with Crippen LogP contribution in [0, 0.1) is 0 Å². The fourth-order valence-corrected chi connectivity index (χ4v) is 0.760. The van der Waals surface area contributed by atoms with Crippen LogP contribution in [0.4, 0.5) is 0 Å². The summed E-state index contributed by atoms with van der Waals surface area (Å²) in [5.74, 6) is 0. The van der Waals surface area contributed by atoms with Crippen LogP contribution in [-0.2, 0) is 0 Å². The third-order valence-corrected chi connectivity index (χ3v) is 1.22. The molecule has 0 aliphatic carbocycles. The van der Waals surface area contributed by atoms with Gasteiger partial charge in [-0.25, -0.2) is 0 Å². The summed E-state index contributed by atoms with van der Waals surface area (Å²) < 4.78 is -0.484. The maximum atomic E-state index is 5.59. The predicted molar refractivity (Wildman–Crippen MR) is 39.2 cm³/mol. The van der Waals surface area contributed by atoms with E-state index in [1.807, 2.05) is 0 Å². The third-order valence-electron chi connectivity index (χ3n) is 0.503. The first-order chi connectivity index (χ1) is 3.06. The SMILES string of the molecule is C=CCC([SiH3])(Cl)Cl. The summed E-state index contributed by atoms with van der Waals surface area (Å²) in [4.78, 5) is 0. The summed E-state index contributed by atoms with van der Waals surface area (Å²) in [7, 11) is 0.797. The first-order valence-corrected chi connectivity index (χ1v) is 3.80. The lowest BCUT2D eigenvalue weighted by atomic mass is 10.5. The molecule has 0 aromatic heterocycles. The van der Waals surface area contributed by atoms with Crippen LogP contribution in [0.2, 0.25) is 0 Å². The molecule has 0 spiro atoms. The highest BCUT2D eigenvalue weighted by Gasteiger charge is 2.11. The average Bonchev–Trinajstić information content (AvgIpc) is 1.30. The summed E-state index contributed by atoms with van der Waals surface area (Å²) in [5.41, 5.74) is 0. The molecule has 0 nitrogen and oxygen atoms in total. The molecular formula is C4H8Cl2Si. The van der Waals surface area contributed by atoms with Crippen molar-refractivity contribution in [3.63, 3.8) is 0 Å². The monoisotopic (exact) mass is 154 g/mol. The van der Waals surface area contributed by atoms with E-state index < -0.39 is 3.96 Å². The molecule has 0 N–H and O–H groups in total. The molecular weight excluding hydrogens is 147 g/mol. The molecule has 0 amide bonds. The lowest BCUT2D eigenvalue weighted by Gasteiger charge is -2.07. The lowest BCUT2D eigenvalue weighted by molar-refractivity contribution is 1.08. The van der Waals surface area contributed by atoms with E-state index >= 15 is 0 Å². The van der Waals surface area contributed by atoms with Crippen LogP contribution >= 0.6 is 23.2 Å². The Hall–Kier alpha value is 0.537. The van der Waals surface area contributed by atoms with E-state index in [1.54, 1.807) is 6.08 Å². The number of halogens is 2. The summed E-state index contributed by atoms with van der Waals surface area (Å²) in [6.07, 6.45) is 2.43. The molecule has 0 fully saturated rings. The minimum absolute atomic E-state index is 0.484. The third kappa shape index (κ3) is 6.54. The van der Waals surface area contributed by atoms with Gasteiger partial charge >= 0.3 is 0 Å². The summed E-state index contributed by atoms with van der Waals surface area (Å²) in [5, 5.41) is 0. The van der Waals surface area contributed by atoms with Crippen molar-refractivity contribution in [3.8, 4) is 0 Å². The molecule has 42 valence electrons. The highest BCUT2D eigenvalue weighted by atomic mass is 35.5. The Bertz CT molecular complexity index is 64.6. The van der Waals surface area contributed by atoms with Crippen LogP contribution < -0.4 is 0 Å². The van der Waals surface area contributed by atoms with Crippen molar-refractivity contribution < 1.29 is 0 Å². The van der Waals surface area contributed by atoms with Crippen molar-refractivity contribution in [2.24, 2.45) is 0 Å². The number of rotatable bonds is 2. The number of allylic oxidation sites excluding steroid dienone is 1. The van der Waals surface area contributed by atoms with Crippen LogP contribution in [-0.4, -0.2) is 14.2 Å². The maximum absolute atomic E-state index is 5.59. The molecule has 0 aromatic rings. The molecule has 0 aromatic carbocycles. The number of hydrogen-bond acceptors (Lipinski definition) is 0. The van der Waals surface area contributed by atoms with E-state index in [1.165, 1.54) is 0 Å². The van der Waals surface area contributed by atoms with E-state index in [0.717, 1.165) is 10.2 Å². The second-order valence-corrected chi connectivity index (χ2v) is 6.40. The minimum Gasteiger partial charge on any atom is -0.107 e. The molecule has 0 saturated carbocycles. The fourth-order valence-electron chi connectivity index (χ4n) is 0.253. The van der Waals surface area contributed by atoms with Gasteiger partial charge in [0.1, 0.15) is 3.96 Å². The first-order valence-electron chi connectivity index (χ1n) is 2.05. The molecule has 7 heavy (non-hydrogen) atoms. The highest BCUT2D eigenvalue weighted by Crippen LogP contribution is 2.19. The van der Waals surface area contributed by atoms with Gasteiger partial charge in [-0.15, -0.1) is 29.8 Å². The van der Waals surface area contributed by atoms with Crippen LogP contribution in [0.1, 0.15) is 6.42 Å². The van der Waals surface area contributed by atoms with Gasteiger partial charge in [-0.05, 0) is 6.42 Å². The zero-order chi connectivity index (χ0) is 5.91. The summed E-state index contributed by atoms with van der Waals surface area (Å²) in [6, 6.07) is 0. The Morgan fingerprint density at radius 3 is 2.14 bits per heavy atom. The Morgan fingerprint density at radius 1 is 1.71 bits per heavy atom. The van der Waals surface area contributed by atoms with Gasteiger partial charge in [0.15, 0.2) is 0 Å². The van der Waals surface area contributed by atoms with E-state index in [4.69, 9.17) is 23.2 Å². The standard InChI is InChI=1S/C4H8Cl2Si/c1-2-3-4(5,6)7/h2H,1,3H2,7H3. The van der Waals surface area contributed by atoms with Crippen molar-refractivity contribution in [3.05, 3.63) is 12.7 Å². The molecule has 0 aliphatic heterocycles. The topological polar surface area (TPSA) is 0 Å². The molecule has 0 unspecified atom stereocenters. The smallest absolute Gasteiger partial charge is 0.101 e. The van der Waals surface area contributed by atoms with E-state index in [9.17, 15) is 0 Å². The zero-order valence-electron chi connectivity index (χ0n) is 4.25. The van der Waals surface area contributed by atoms with Gasteiger partial charge in [-0.3, -0.25) is 0 Å². The molecule has 0 saturated heterocycles. The van der Waals surface area contributed by atoms with Crippen molar-refractivity contribution in [1.82, 2.24) is 0 Å². The molecule has 0 heterocycles. The average molecular weight is 155 g/mol. The Kier molecular flexibility index (Phi) is 2.96. The van der Waals surface area contributed by atoms with Crippen molar-refractivity contribution in [2.45, 2.75) is 10.4 Å². The van der Waals surface area contributed by atoms with Crippen LogP contribution in [0.3, 0.4) is 0 Å². The van der Waals surface area contributed by atoms with Gasteiger partial charge in [-0.1, -0.05) is 6.08 Å². The molecule has 0 radical (unpaired) electrons. The highest BCUT2D eigenvalue weighted by molar-refractivity contribution is 6.65. The van der Waals surface area contributed by atoms with Crippen molar-refractivity contribution in [2.75, 3.05) is 0 Å². The molecule has 3 heteroatoms. The molecule has 0 rings (SSSR count). The zero-order valence-corrected chi connectivity index (χ0v) is 7.76. The largest absolute Gasteiger partial charge is 0.107 e. The van der Waals surface area contributed by atoms with Crippen LogP contribution in [0.15, 0.2) is 12.7 Å². The lowest BCUT2D eigenvalue weighted by Crippen LogP contribution is -2.09. The van der Waals surface area contributed by atoms with Gasteiger partial charge in [-0.2, -0.15) is 0 Å². The first kappa shape index (κ1) is 7.54. The molecule has 0 bridgehead atoms. The van der Waals surface area contributed by atoms with E-state index in [0.29, 0.717) is 6.42 Å². The van der Waals surface area contributed by atoms with Gasteiger partial charge in [0.05, 0.1) is 0 Å². The Morgan fingerprint density at radius 2 is 2.14 bits per heavy atom. The molecule has 0 atom stereocenters. The number of alkyl halides is 2. The van der Waals surface area contributed by atoms with Crippen molar-refractivity contribution >= 4 is 33.4 Å². The van der Waals surface area contributed by atoms with E-state index in [2.05, 4.69) is 6.58 Å². The second kappa shape index (κ2) is 2.75. The fraction of sp³-hybridized carbons (Fsp3) is 0.500. The Labute approximate surface area is 56.9 Å².